The second-order valence-corrected chi connectivity index (χ2v) is 3.52. The number of hydrogen-bond acceptors (Lipinski definition) is 2. The first-order chi connectivity index (χ1) is 5.38. The average molecular weight is 158 g/mol. The lowest BCUT2D eigenvalue weighted by atomic mass is 9.89. The molecule has 2 nitrogen and oxygen atoms in total. The molecular weight excluding hydrogens is 140 g/mol. The number of hydrogen-bond donors (Lipinski definition) is 2. The van der Waals surface area contributed by atoms with Crippen molar-refractivity contribution in [2.75, 3.05) is 13.2 Å². The van der Waals surface area contributed by atoms with E-state index in [1.54, 1.807) is 0 Å². The van der Waals surface area contributed by atoms with Gasteiger partial charge in [-0.3, -0.25) is 0 Å². The normalized spacial score (nSPS) is 33.3. The monoisotopic (exact) mass is 158 g/mol. The molecule has 1 saturated carbocycles. The molecule has 0 heterocycles. The molecule has 0 amide bonds. The van der Waals surface area contributed by atoms with Crippen LogP contribution >= 0.6 is 0 Å². The fourth-order valence-electron chi connectivity index (χ4n) is 1.94. The number of aliphatic hydroxyl groups is 2. The van der Waals surface area contributed by atoms with Gasteiger partial charge in [-0.05, 0) is 24.7 Å². The zero-order valence-corrected chi connectivity index (χ0v) is 7.00. The highest BCUT2D eigenvalue weighted by Crippen LogP contribution is 2.27. The van der Waals surface area contributed by atoms with Crippen LogP contribution in [0.4, 0.5) is 0 Å². The Balaban J connectivity index is 2.41. The van der Waals surface area contributed by atoms with Crippen LogP contribution < -0.4 is 0 Å². The van der Waals surface area contributed by atoms with Crippen LogP contribution in [0.1, 0.15) is 32.1 Å². The van der Waals surface area contributed by atoms with Crippen LogP contribution in [0.2, 0.25) is 0 Å². The van der Waals surface area contributed by atoms with Crippen molar-refractivity contribution in [2.45, 2.75) is 32.1 Å². The lowest BCUT2D eigenvalue weighted by molar-refractivity contribution is 0.114. The molecule has 0 radical (unpaired) electrons. The van der Waals surface area contributed by atoms with E-state index >= 15 is 0 Å². The molecule has 11 heavy (non-hydrogen) atoms. The van der Waals surface area contributed by atoms with E-state index in [9.17, 15) is 0 Å². The first kappa shape index (κ1) is 9.01. The van der Waals surface area contributed by atoms with Crippen molar-refractivity contribution < 1.29 is 10.2 Å². The van der Waals surface area contributed by atoms with Gasteiger partial charge in [-0.25, -0.2) is 0 Å². The SMILES string of the molecule is OC[C@@H]1CCCCC[C@@H]1CO. The van der Waals surface area contributed by atoms with E-state index in [0.29, 0.717) is 11.8 Å². The highest BCUT2D eigenvalue weighted by atomic mass is 16.3. The third-order valence-electron chi connectivity index (χ3n) is 2.79. The molecule has 1 aliphatic rings. The fraction of sp³-hybridized carbons (Fsp3) is 1.00. The van der Waals surface area contributed by atoms with Gasteiger partial charge >= 0.3 is 0 Å². The van der Waals surface area contributed by atoms with Crippen LogP contribution in [0.3, 0.4) is 0 Å². The molecule has 1 fully saturated rings. The highest BCUT2D eigenvalue weighted by Gasteiger charge is 2.21. The van der Waals surface area contributed by atoms with E-state index in [2.05, 4.69) is 0 Å². The average Bonchev–Trinajstić information content (AvgIpc) is 2.27. The topological polar surface area (TPSA) is 40.5 Å². The summed E-state index contributed by atoms with van der Waals surface area (Å²) in [5.74, 6) is 0.727. The molecule has 2 atom stereocenters. The molecular formula is C9H18O2. The first-order valence-corrected chi connectivity index (χ1v) is 4.60. The summed E-state index contributed by atoms with van der Waals surface area (Å²) in [7, 11) is 0. The van der Waals surface area contributed by atoms with E-state index in [1.807, 2.05) is 0 Å². The maximum atomic E-state index is 9.01. The summed E-state index contributed by atoms with van der Waals surface area (Å²) in [6, 6.07) is 0. The van der Waals surface area contributed by atoms with Crippen LogP contribution in [0.5, 0.6) is 0 Å². The quantitative estimate of drug-likeness (QED) is 0.592. The second-order valence-electron chi connectivity index (χ2n) is 3.52. The second kappa shape index (κ2) is 4.73. The molecule has 0 aromatic heterocycles. The molecule has 0 saturated heterocycles. The lowest BCUT2D eigenvalue weighted by Gasteiger charge is -2.20. The molecule has 0 bridgehead atoms. The molecule has 0 spiro atoms. The Labute approximate surface area is 68.2 Å². The summed E-state index contributed by atoms with van der Waals surface area (Å²) in [5, 5.41) is 18.0. The number of aliphatic hydroxyl groups excluding tert-OH is 2. The maximum Gasteiger partial charge on any atom is 0.0462 e. The zero-order valence-electron chi connectivity index (χ0n) is 7.00. The Kier molecular flexibility index (Phi) is 3.87. The molecule has 1 rings (SSSR count). The smallest absolute Gasteiger partial charge is 0.0462 e. The van der Waals surface area contributed by atoms with Gasteiger partial charge in [-0.15, -0.1) is 0 Å². The Bertz CT molecular complexity index is 91.7. The molecule has 2 N–H and O–H groups in total. The van der Waals surface area contributed by atoms with Crippen molar-refractivity contribution in [1.82, 2.24) is 0 Å². The first-order valence-electron chi connectivity index (χ1n) is 4.60. The largest absolute Gasteiger partial charge is 0.396 e. The minimum atomic E-state index is 0.255. The van der Waals surface area contributed by atoms with Gasteiger partial charge in [0.2, 0.25) is 0 Å². The summed E-state index contributed by atoms with van der Waals surface area (Å²) >= 11 is 0. The van der Waals surface area contributed by atoms with Gasteiger partial charge in [-0.2, -0.15) is 0 Å². The van der Waals surface area contributed by atoms with Crippen LogP contribution in [0.15, 0.2) is 0 Å². The molecule has 66 valence electrons. The molecule has 2 heteroatoms. The summed E-state index contributed by atoms with van der Waals surface area (Å²) in [6.45, 7) is 0.510. The third-order valence-corrected chi connectivity index (χ3v) is 2.79. The Morgan fingerprint density at radius 2 is 1.27 bits per heavy atom. The fourth-order valence-corrected chi connectivity index (χ4v) is 1.94. The van der Waals surface area contributed by atoms with Crippen LogP contribution in [-0.4, -0.2) is 23.4 Å². The van der Waals surface area contributed by atoms with E-state index in [4.69, 9.17) is 10.2 Å². The lowest BCUT2D eigenvalue weighted by Crippen LogP contribution is -2.20. The predicted octanol–water partition coefficient (Wildman–Crippen LogP) is 1.17. The minimum Gasteiger partial charge on any atom is -0.396 e. The van der Waals surface area contributed by atoms with Gasteiger partial charge in [0.25, 0.3) is 0 Å². The molecule has 0 aliphatic heterocycles. The van der Waals surface area contributed by atoms with Crippen LogP contribution in [0.25, 0.3) is 0 Å². The van der Waals surface area contributed by atoms with Gasteiger partial charge in [0.1, 0.15) is 0 Å². The predicted molar refractivity (Wildman–Crippen MR) is 44.2 cm³/mol. The third kappa shape index (κ3) is 2.46. The molecule has 0 aromatic rings. The maximum absolute atomic E-state index is 9.01. The van der Waals surface area contributed by atoms with Crippen molar-refractivity contribution in [2.24, 2.45) is 11.8 Å². The number of rotatable bonds is 2. The summed E-state index contributed by atoms with van der Waals surface area (Å²) in [5.41, 5.74) is 0. The molecule has 0 unspecified atom stereocenters. The zero-order chi connectivity index (χ0) is 8.10. The highest BCUT2D eigenvalue weighted by molar-refractivity contribution is 4.72. The minimum absolute atomic E-state index is 0.255. The summed E-state index contributed by atoms with van der Waals surface area (Å²) in [6.07, 6.45) is 5.92. The van der Waals surface area contributed by atoms with E-state index in [-0.39, 0.29) is 13.2 Å². The molecule has 1 aliphatic carbocycles. The van der Waals surface area contributed by atoms with E-state index in [0.717, 1.165) is 12.8 Å². The Morgan fingerprint density at radius 1 is 0.818 bits per heavy atom. The summed E-state index contributed by atoms with van der Waals surface area (Å²) < 4.78 is 0. The van der Waals surface area contributed by atoms with Crippen molar-refractivity contribution in [3.63, 3.8) is 0 Å². The molecule has 0 aromatic carbocycles. The standard InChI is InChI=1S/C9H18O2/c10-6-8-4-2-1-3-5-9(8)7-11/h8-11H,1-7H2/t8-,9+. The van der Waals surface area contributed by atoms with E-state index in [1.165, 1.54) is 19.3 Å². The van der Waals surface area contributed by atoms with Gasteiger partial charge in [0.05, 0.1) is 0 Å². The van der Waals surface area contributed by atoms with Gasteiger partial charge in [0, 0.05) is 13.2 Å². The van der Waals surface area contributed by atoms with Crippen LogP contribution in [0, 0.1) is 11.8 Å². The van der Waals surface area contributed by atoms with Crippen LogP contribution in [-0.2, 0) is 0 Å². The van der Waals surface area contributed by atoms with Gasteiger partial charge in [0.15, 0.2) is 0 Å². The van der Waals surface area contributed by atoms with E-state index < -0.39 is 0 Å². The van der Waals surface area contributed by atoms with Crippen molar-refractivity contribution in [1.29, 1.82) is 0 Å². The Hall–Kier alpha value is -0.0800. The van der Waals surface area contributed by atoms with Gasteiger partial charge in [-0.1, -0.05) is 19.3 Å². The van der Waals surface area contributed by atoms with Crippen molar-refractivity contribution in [3.05, 3.63) is 0 Å². The van der Waals surface area contributed by atoms with Crippen molar-refractivity contribution >= 4 is 0 Å². The van der Waals surface area contributed by atoms with Gasteiger partial charge < -0.3 is 10.2 Å². The summed E-state index contributed by atoms with van der Waals surface area (Å²) in [4.78, 5) is 0. The van der Waals surface area contributed by atoms with Crippen molar-refractivity contribution in [3.8, 4) is 0 Å². The Morgan fingerprint density at radius 3 is 1.64 bits per heavy atom.